The summed E-state index contributed by atoms with van der Waals surface area (Å²) in [6, 6.07) is 0.328. The molecule has 5 nitrogen and oxygen atoms in total. The fourth-order valence-electron chi connectivity index (χ4n) is 2.39. The smallest absolute Gasteiger partial charge is 0.315 e. The number of carbonyl (C=O) groups is 1. The Morgan fingerprint density at radius 3 is 2.59 bits per heavy atom. The first-order valence-electron chi connectivity index (χ1n) is 6.67. The molecule has 0 bridgehead atoms. The molecule has 2 amide bonds. The molecule has 0 radical (unpaired) electrons. The summed E-state index contributed by atoms with van der Waals surface area (Å²) >= 11 is 0. The molecule has 0 aromatic rings. The molecule has 2 fully saturated rings. The van der Waals surface area contributed by atoms with Crippen molar-refractivity contribution in [1.29, 1.82) is 0 Å². The minimum absolute atomic E-state index is 0.0107. The second-order valence-electron chi connectivity index (χ2n) is 4.93. The van der Waals surface area contributed by atoms with Gasteiger partial charge in [0.05, 0.1) is 0 Å². The monoisotopic (exact) mass is 241 g/mol. The van der Waals surface area contributed by atoms with Crippen molar-refractivity contribution in [3.63, 3.8) is 0 Å². The molecule has 0 saturated carbocycles. The molecule has 0 aliphatic carbocycles. The van der Waals surface area contributed by atoms with Crippen molar-refractivity contribution in [2.75, 3.05) is 32.8 Å². The van der Waals surface area contributed by atoms with Crippen LogP contribution >= 0.6 is 0 Å². The maximum Gasteiger partial charge on any atom is 0.315 e. The zero-order valence-electron chi connectivity index (χ0n) is 10.3. The highest BCUT2D eigenvalue weighted by Crippen LogP contribution is 2.13. The Labute approximate surface area is 103 Å². The summed E-state index contributed by atoms with van der Waals surface area (Å²) in [5, 5.41) is 9.30. The lowest BCUT2D eigenvalue weighted by Gasteiger charge is -2.25. The molecule has 3 N–H and O–H groups in total. The van der Waals surface area contributed by atoms with E-state index in [4.69, 9.17) is 4.74 Å². The van der Waals surface area contributed by atoms with Crippen LogP contribution in [0.5, 0.6) is 0 Å². The van der Waals surface area contributed by atoms with Crippen molar-refractivity contribution in [3.05, 3.63) is 0 Å². The summed E-state index contributed by atoms with van der Waals surface area (Å²) in [6.07, 6.45) is 4.19. The lowest BCUT2D eigenvalue weighted by molar-refractivity contribution is 0.0669. The first kappa shape index (κ1) is 12.6. The largest absolute Gasteiger partial charge is 0.381 e. The van der Waals surface area contributed by atoms with Gasteiger partial charge in [-0.25, -0.2) is 4.79 Å². The molecule has 5 heteroatoms. The van der Waals surface area contributed by atoms with E-state index in [9.17, 15) is 4.79 Å². The van der Waals surface area contributed by atoms with Crippen LogP contribution in [0.2, 0.25) is 0 Å². The van der Waals surface area contributed by atoms with Gasteiger partial charge in [0.2, 0.25) is 0 Å². The molecule has 2 aliphatic rings. The second-order valence-corrected chi connectivity index (χ2v) is 4.93. The molecular weight excluding hydrogens is 218 g/mol. The van der Waals surface area contributed by atoms with Crippen LogP contribution in [-0.4, -0.2) is 44.9 Å². The Balaban J connectivity index is 1.59. The summed E-state index contributed by atoms with van der Waals surface area (Å²) < 4.78 is 5.29. The van der Waals surface area contributed by atoms with Crippen LogP contribution in [0, 0.1) is 5.92 Å². The Kier molecular flexibility index (Phi) is 5.07. The predicted octanol–water partition coefficient (Wildman–Crippen LogP) is 0.464. The van der Waals surface area contributed by atoms with Gasteiger partial charge < -0.3 is 20.7 Å². The van der Waals surface area contributed by atoms with Crippen molar-refractivity contribution in [3.8, 4) is 0 Å². The van der Waals surface area contributed by atoms with E-state index in [0.717, 1.165) is 58.5 Å². The standard InChI is InChI=1S/C12H23N3O2/c16-12(15-11-1-5-13-6-2-11)14-9-10-3-7-17-8-4-10/h10-11,13H,1-9H2,(H2,14,15,16). The van der Waals surface area contributed by atoms with Crippen LogP contribution in [0.3, 0.4) is 0 Å². The fourth-order valence-corrected chi connectivity index (χ4v) is 2.39. The van der Waals surface area contributed by atoms with E-state index in [1.54, 1.807) is 0 Å². The van der Waals surface area contributed by atoms with Crippen LogP contribution in [0.1, 0.15) is 25.7 Å². The molecular formula is C12H23N3O2. The molecule has 0 unspecified atom stereocenters. The average molecular weight is 241 g/mol. The van der Waals surface area contributed by atoms with Gasteiger partial charge in [-0.2, -0.15) is 0 Å². The minimum atomic E-state index is -0.0107. The quantitative estimate of drug-likeness (QED) is 0.673. The minimum Gasteiger partial charge on any atom is -0.381 e. The summed E-state index contributed by atoms with van der Waals surface area (Å²) in [5.41, 5.74) is 0. The van der Waals surface area contributed by atoms with E-state index in [0.29, 0.717) is 12.0 Å². The third kappa shape index (κ3) is 4.52. The zero-order chi connectivity index (χ0) is 11.9. The summed E-state index contributed by atoms with van der Waals surface area (Å²) in [7, 11) is 0. The predicted molar refractivity (Wildman–Crippen MR) is 66.0 cm³/mol. The number of hydrogen-bond acceptors (Lipinski definition) is 3. The Morgan fingerprint density at radius 2 is 1.88 bits per heavy atom. The average Bonchev–Trinajstić information content (AvgIpc) is 2.39. The number of carbonyl (C=O) groups excluding carboxylic acids is 1. The van der Waals surface area contributed by atoms with E-state index in [1.807, 2.05) is 0 Å². The van der Waals surface area contributed by atoms with Gasteiger partial charge in [-0.05, 0) is 44.7 Å². The molecule has 0 spiro atoms. The normalized spacial score (nSPS) is 23.3. The first-order valence-corrected chi connectivity index (χ1v) is 6.67. The zero-order valence-corrected chi connectivity index (χ0v) is 10.3. The molecule has 2 aliphatic heterocycles. The highest BCUT2D eigenvalue weighted by Gasteiger charge is 2.17. The highest BCUT2D eigenvalue weighted by molar-refractivity contribution is 5.74. The first-order chi connectivity index (χ1) is 8.34. The van der Waals surface area contributed by atoms with E-state index in [2.05, 4.69) is 16.0 Å². The van der Waals surface area contributed by atoms with Gasteiger partial charge in [0.15, 0.2) is 0 Å². The molecule has 0 aromatic carbocycles. The summed E-state index contributed by atoms with van der Waals surface area (Å²) in [5.74, 6) is 0.586. The van der Waals surface area contributed by atoms with Gasteiger partial charge in [0.1, 0.15) is 0 Å². The van der Waals surface area contributed by atoms with Crippen molar-refractivity contribution < 1.29 is 9.53 Å². The Morgan fingerprint density at radius 1 is 1.18 bits per heavy atom. The number of amides is 2. The molecule has 17 heavy (non-hydrogen) atoms. The SMILES string of the molecule is O=C(NCC1CCOCC1)NC1CCNCC1. The van der Waals surface area contributed by atoms with Crippen LogP contribution in [0.4, 0.5) is 4.79 Å². The van der Waals surface area contributed by atoms with Gasteiger partial charge >= 0.3 is 6.03 Å². The van der Waals surface area contributed by atoms with Crippen molar-refractivity contribution >= 4 is 6.03 Å². The molecule has 2 saturated heterocycles. The van der Waals surface area contributed by atoms with E-state index in [1.165, 1.54) is 0 Å². The Bertz CT molecular complexity index is 236. The van der Waals surface area contributed by atoms with Gasteiger partial charge in [0, 0.05) is 25.8 Å². The maximum atomic E-state index is 11.7. The molecule has 2 heterocycles. The van der Waals surface area contributed by atoms with Gasteiger partial charge in [0.25, 0.3) is 0 Å². The van der Waals surface area contributed by atoms with Crippen molar-refractivity contribution in [1.82, 2.24) is 16.0 Å². The van der Waals surface area contributed by atoms with Crippen molar-refractivity contribution in [2.45, 2.75) is 31.7 Å². The number of hydrogen-bond donors (Lipinski definition) is 3. The van der Waals surface area contributed by atoms with Gasteiger partial charge in [-0.3, -0.25) is 0 Å². The molecule has 2 rings (SSSR count). The molecule has 0 aromatic heterocycles. The summed E-state index contributed by atoms with van der Waals surface area (Å²) in [6.45, 7) is 4.46. The van der Waals surface area contributed by atoms with Gasteiger partial charge in [-0.15, -0.1) is 0 Å². The maximum absolute atomic E-state index is 11.7. The Hall–Kier alpha value is -0.810. The fraction of sp³-hybridized carbons (Fsp3) is 0.917. The number of piperidine rings is 1. The third-order valence-corrected chi connectivity index (χ3v) is 3.57. The number of rotatable bonds is 3. The highest BCUT2D eigenvalue weighted by atomic mass is 16.5. The summed E-state index contributed by atoms with van der Waals surface area (Å²) in [4.78, 5) is 11.7. The van der Waals surface area contributed by atoms with Crippen LogP contribution in [0.25, 0.3) is 0 Å². The van der Waals surface area contributed by atoms with Crippen LogP contribution in [-0.2, 0) is 4.74 Å². The third-order valence-electron chi connectivity index (χ3n) is 3.57. The number of nitrogens with one attached hydrogen (secondary N) is 3. The van der Waals surface area contributed by atoms with Gasteiger partial charge in [-0.1, -0.05) is 0 Å². The molecule has 98 valence electrons. The lowest BCUT2D eigenvalue weighted by atomic mass is 10.0. The molecule has 0 atom stereocenters. The van der Waals surface area contributed by atoms with Crippen molar-refractivity contribution in [2.24, 2.45) is 5.92 Å². The van der Waals surface area contributed by atoms with E-state index < -0.39 is 0 Å². The van der Waals surface area contributed by atoms with E-state index in [-0.39, 0.29) is 6.03 Å². The number of ether oxygens (including phenoxy) is 1. The van der Waals surface area contributed by atoms with E-state index >= 15 is 0 Å². The topological polar surface area (TPSA) is 62.4 Å². The second kappa shape index (κ2) is 6.81. The number of urea groups is 1. The lowest BCUT2D eigenvalue weighted by Crippen LogP contribution is -2.47. The van der Waals surface area contributed by atoms with Crippen LogP contribution in [0.15, 0.2) is 0 Å². The van der Waals surface area contributed by atoms with Crippen LogP contribution < -0.4 is 16.0 Å².